The Bertz CT molecular complexity index is 1110. The molecule has 0 bridgehead atoms. The van der Waals surface area contributed by atoms with Gasteiger partial charge in [-0.05, 0) is 80.6 Å². The summed E-state index contributed by atoms with van der Waals surface area (Å²) < 4.78 is 14.6. The van der Waals surface area contributed by atoms with Crippen LogP contribution < -0.4 is 9.47 Å². The van der Waals surface area contributed by atoms with E-state index in [-0.39, 0.29) is 37.7 Å². The Labute approximate surface area is 236 Å². The van der Waals surface area contributed by atoms with Gasteiger partial charge in [0.25, 0.3) is 0 Å². The van der Waals surface area contributed by atoms with Crippen LogP contribution in [-0.4, -0.2) is 61.6 Å². The molecule has 0 saturated heterocycles. The van der Waals surface area contributed by atoms with Crippen LogP contribution in [0, 0.1) is 7.27 Å². The van der Waals surface area contributed by atoms with Gasteiger partial charge in [-0.1, -0.05) is 37.3 Å². The molecule has 2 aromatic carbocycles. The van der Waals surface area contributed by atoms with Gasteiger partial charge in [0.2, 0.25) is 0 Å². The Morgan fingerprint density at radius 3 is 2.31 bits per heavy atom. The van der Waals surface area contributed by atoms with Crippen molar-refractivity contribution in [1.29, 1.82) is 0 Å². The van der Waals surface area contributed by atoms with Crippen molar-refractivity contribution in [3.63, 3.8) is 0 Å². The number of halogens is 3. The van der Waals surface area contributed by atoms with E-state index in [0.717, 1.165) is 14.7 Å². The van der Waals surface area contributed by atoms with Gasteiger partial charge in [-0.25, -0.2) is 4.68 Å². The average Bonchev–Trinajstić information content (AvgIpc) is 3.20. The van der Waals surface area contributed by atoms with E-state index < -0.39 is 12.2 Å². The van der Waals surface area contributed by atoms with Crippen molar-refractivity contribution in [2.45, 2.75) is 44.6 Å². The van der Waals surface area contributed by atoms with Crippen molar-refractivity contribution in [3.05, 3.63) is 66.6 Å². The van der Waals surface area contributed by atoms with Gasteiger partial charge < -0.3 is 24.8 Å². The first kappa shape index (κ1) is 28.4. The summed E-state index contributed by atoms with van der Waals surface area (Å²) in [6.07, 6.45) is -1.47. The fourth-order valence-electron chi connectivity index (χ4n) is 3.37. The number of benzene rings is 2. The molecule has 0 amide bonds. The maximum atomic E-state index is 10.4. The van der Waals surface area contributed by atoms with E-state index in [1.807, 2.05) is 59.0 Å². The van der Waals surface area contributed by atoms with Crippen molar-refractivity contribution in [2.75, 3.05) is 19.1 Å². The molecule has 1 aromatic heterocycles. The Morgan fingerprint density at radius 2 is 1.71 bits per heavy atom. The van der Waals surface area contributed by atoms with Gasteiger partial charge >= 0.3 is 0 Å². The highest BCUT2D eigenvalue weighted by atomic mass is 127. The SMILES string of the molecule is CC(C)(c1ccc(OC[C@@H](O)CCl)cc1)c1ccc(OC[C@H](O)Cn2nnc(CO)c2[123I])c(I)c1. The molecular weight excluding hydrogens is 696 g/mol. The molecule has 3 aromatic rings. The highest BCUT2D eigenvalue weighted by Crippen LogP contribution is 2.35. The van der Waals surface area contributed by atoms with Gasteiger partial charge in [-0.3, -0.25) is 0 Å². The molecule has 0 fully saturated rings. The van der Waals surface area contributed by atoms with Crippen LogP contribution in [0.4, 0.5) is 0 Å². The zero-order valence-electron chi connectivity index (χ0n) is 19.4. The number of rotatable bonds is 12. The zero-order valence-corrected chi connectivity index (χ0v) is 24.4. The molecule has 11 heteroatoms. The van der Waals surface area contributed by atoms with Gasteiger partial charge in [-0.2, -0.15) is 0 Å². The van der Waals surface area contributed by atoms with Gasteiger partial charge in [0, 0.05) is 5.41 Å². The zero-order chi connectivity index (χ0) is 25.6. The molecule has 2 atom stereocenters. The smallest absolute Gasteiger partial charge is 0.132 e. The van der Waals surface area contributed by atoms with Crippen LogP contribution in [0.3, 0.4) is 0 Å². The second kappa shape index (κ2) is 12.9. The third-order valence-corrected chi connectivity index (χ3v) is 7.93. The van der Waals surface area contributed by atoms with E-state index >= 15 is 0 Å². The lowest BCUT2D eigenvalue weighted by molar-refractivity contribution is 0.0877. The van der Waals surface area contributed by atoms with E-state index in [2.05, 4.69) is 52.8 Å². The molecule has 0 saturated carbocycles. The monoisotopic (exact) mass is 723 g/mol. The topological polar surface area (TPSA) is 110 Å². The number of aromatic nitrogens is 3. The van der Waals surface area contributed by atoms with E-state index in [9.17, 15) is 15.3 Å². The first-order valence-electron chi connectivity index (χ1n) is 10.9. The minimum absolute atomic E-state index is 0.100. The molecule has 0 spiro atoms. The first-order valence-corrected chi connectivity index (χ1v) is 13.6. The standard InChI is InChI=1S/C24H28ClI2N3O5/c1-24(2,15-3-6-19(7-4-15)34-13-17(32)10-25)16-5-8-22(20(26)9-16)35-14-18(33)11-30-23(27)21(12-31)28-29-30/h3-9,17-18,31-33H,10-14H2,1-2H3/t17-,18+/m0/s1/i27-4. The molecule has 3 rings (SSSR count). The van der Waals surface area contributed by atoms with Crippen molar-refractivity contribution < 1.29 is 24.8 Å². The van der Waals surface area contributed by atoms with Crippen molar-refractivity contribution in [3.8, 4) is 11.5 Å². The summed E-state index contributed by atoms with van der Waals surface area (Å²) in [5.41, 5.74) is 2.46. The van der Waals surface area contributed by atoms with E-state index in [1.54, 1.807) is 4.68 Å². The summed E-state index contributed by atoms with van der Waals surface area (Å²) in [7, 11) is 0. The van der Waals surface area contributed by atoms with Crippen LogP contribution in [0.15, 0.2) is 42.5 Å². The maximum absolute atomic E-state index is 10.4. The number of hydrogen-bond acceptors (Lipinski definition) is 7. The van der Waals surface area contributed by atoms with Crippen LogP contribution in [-0.2, 0) is 18.6 Å². The molecule has 0 aliphatic carbocycles. The average molecular weight is 724 g/mol. The lowest BCUT2D eigenvalue weighted by Crippen LogP contribution is -2.25. The first-order chi connectivity index (χ1) is 16.6. The van der Waals surface area contributed by atoms with E-state index in [4.69, 9.17) is 21.1 Å². The number of aliphatic hydroxyl groups is 3. The Kier molecular flexibility index (Phi) is 10.4. The lowest BCUT2D eigenvalue weighted by Gasteiger charge is -2.27. The molecule has 35 heavy (non-hydrogen) atoms. The summed E-state index contributed by atoms with van der Waals surface area (Å²) >= 11 is 9.89. The largest absolute Gasteiger partial charge is 0.491 e. The quantitative estimate of drug-likeness (QED) is 0.193. The van der Waals surface area contributed by atoms with Crippen LogP contribution in [0.1, 0.15) is 30.7 Å². The van der Waals surface area contributed by atoms with Gasteiger partial charge in [-0.15, -0.1) is 16.7 Å². The molecule has 0 aliphatic heterocycles. The maximum Gasteiger partial charge on any atom is 0.132 e. The molecule has 190 valence electrons. The minimum atomic E-state index is -0.782. The Morgan fingerprint density at radius 1 is 1.06 bits per heavy atom. The van der Waals surface area contributed by atoms with Crippen LogP contribution in [0.25, 0.3) is 0 Å². The summed E-state index contributed by atoms with van der Waals surface area (Å²) in [4.78, 5) is 0. The number of ether oxygens (including phenoxy) is 2. The van der Waals surface area contributed by atoms with Crippen LogP contribution >= 0.6 is 56.8 Å². The Hall–Kier alpha value is -1.19. The van der Waals surface area contributed by atoms with Crippen molar-refractivity contribution >= 4 is 56.8 Å². The molecule has 0 radical (unpaired) electrons. The molecular formula is C24H28ClI2N3O5. The summed E-state index contributed by atoms with van der Waals surface area (Å²) in [6.45, 7) is 4.58. The number of hydrogen-bond donors (Lipinski definition) is 3. The third-order valence-electron chi connectivity index (χ3n) is 5.55. The fourth-order valence-corrected chi connectivity index (χ4v) is 4.70. The van der Waals surface area contributed by atoms with Crippen molar-refractivity contribution in [1.82, 2.24) is 15.0 Å². The molecule has 0 unspecified atom stereocenters. The molecule has 3 N–H and O–H groups in total. The van der Waals surface area contributed by atoms with Gasteiger partial charge in [0.1, 0.15) is 46.3 Å². The normalized spacial score (nSPS) is 13.5. The number of nitrogens with zero attached hydrogens (tertiary/aromatic N) is 3. The Balaban J connectivity index is 1.62. The summed E-state index contributed by atoms with van der Waals surface area (Å²) in [6, 6.07) is 13.8. The number of aliphatic hydroxyl groups excluding tert-OH is 3. The highest BCUT2D eigenvalue weighted by Gasteiger charge is 2.24. The van der Waals surface area contributed by atoms with Gasteiger partial charge in [0.15, 0.2) is 0 Å². The molecule has 1 heterocycles. The molecule has 8 nitrogen and oxygen atoms in total. The third kappa shape index (κ3) is 7.41. The fraction of sp³-hybridized carbons (Fsp3) is 0.417. The minimum Gasteiger partial charge on any atom is -0.491 e. The van der Waals surface area contributed by atoms with Crippen molar-refractivity contribution in [2.24, 2.45) is 0 Å². The predicted octanol–water partition coefficient (Wildman–Crippen LogP) is 3.72. The highest BCUT2D eigenvalue weighted by molar-refractivity contribution is 14.1. The van der Waals surface area contributed by atoms with E-state index in [1.165, 1.54) is 0 Å². The van der Waals surface area contributed by atoms with Crippen LogP contribution in [0.2, 0.25) is 0 Å². The number of alkyl halides is 1. The predicted molar refractivity (Wildman–Crippen MR) is 150 cm³/mol. The second-order valence-electron chi connectivity index (χ2n) is 8.55. The molecule has 0 aliphatic rings. The van der Waals surface area contributed by atoms with Crippen LogP contribution in [0.5, 0.6) is 11.5 Å². The second-order valence-corrected chi connectivity index (χ2v) is 11.0. The van der Waals surface area contributed by atoms with E-state index in [0.29, 0.717) is 20.9 Å². The summed E-state index contributed by atoms with van der Waals surface area (Å²) in [5, 5.41) is 37.0. The van der Waals surface area contributed by atoms with Gasteiger partial charge in [0.05, 0.1) is 22.6 Å². The lowest BCUT2D eigenvalue weighted by atomic mass is 9.78. The summed E-state index contributed by atoms with van der Waals surface area (Å²) in [5.74, 6) is 1.50.